The Bertz CT molecular complexity index is 1070. The number of halogens is 2. The molecule has 0 bridgehead atoms. The summed E-state index contributed by atoms with van der Waals surface area (Å²) < 4.78 is 6.79. The first-order valence-corrected chi connectivity index (χ1v) is 9.91. The molecule has 0 unspecified atom stereocenters. The summed E-state index contributed by atoms with van der Waals surface area (Å²) in [5.74, 6) is 1.13. The average molecular weight is 460 g/mol. The van der Waals surface area contributed by atoms with E-state index in [0.29, 0.717) is 27.5 Å². The van der Waals surface area contributed by atoms with Gasteiger partial charge in [-0.3, -0.25) is 0 Å². The number of aromatic nitrogens is 3. The van der Waals surface area contributed by atoms with Crippen molar-refractivity contribution in [2.24, 2.45) is 0 Å². The molecule has 0 atom stereocenters. The van der Waals surface area contributed by atoms with Gasteiger partial charge in [0.15, 0.2) is 0 Å². The van der Waals surface area contributed by atoms with Crippen LogP contribution in [-0.2, 0) is 0 Å². The SMILES string of the molecule is Clc1ccc(-c2nnc(Nc3cccnc3Oc3ccccc3Br)s2)cc1. The van der Waals surface area contributed by atoms with E-state index in [0.717, 1.165) is 15.0 Å². The lowest BCUT2D eigenvalue weighted by Crippen LogP contribution is -1.96. The van der Waals surface area contributed by atoms with Crippen LogP contribution in [0.1, 0.15) is 0 Å². The first kappa shape index (κ1) is 17.9. The predicted molar refractivity (Wildman–Crippen MR) is 112 cm³/mol. The largest absolute Gasteiger partial charge is 0.436 e. The van der Waals surface area contributed by atoms with Gasteiger partial charge >= 0.3 is 0 Å². The summed E-state index contributed by atoms with van der Waals surface area (Å²) in [6, 6.07) is 18.8. The molecule has 4 rings (SSSR count). The standard InChI is InChI=1S/C19H12BrClN4OS/c20-14-4-1-2-6-16(14)26-17-15(5-3-11-22-17)23-19-25-24-18(27-19)12-7-9-13(21)10-8-12/h1-11H,(H,23,25). The number of rotatable bonds is 5. The minimum absolute atomic E-state index is 0.452. The van der Waals surface area contributed by atoms with E-state index in [4.69, 9.17) is 16.3 Å². The normalized spacial score (nSPS) is 10.6. The molecule has 0 aliphatic heterocycles. The second-order valence-electron chi connectivity index (χ2n) is 5.43. The van der Waals surface area contributed by atoms with Crippen molar-refractivity contribution >= 4 is 49.7 Å². The molecule has 1 N–H and O–H groups in total. The zero-order valence-corrected chi connectivity index (χ0v) is 16.9. The number of benzene rings is 2. The lowest BCUT2D eigenvalue weighted by atomic mass is 10.2. The van der Waals surface area contributed by atoms with E-state index in [2.05, 4.69) is 36.4 Å². The average Bonchev–Trinajstić information content (AvgIpc) is 3.14. The van der Waals surface area contributed by atoms with Crippen LogP contribution in [0.2, 0.25) is 5.02 Å². The second-order valence-corrected chi connectivity index (χ2v) is 7.70. The molecule has 8 heteroatoms. The van der Waals surface area contributed by atoms with E-state index in [-0.39, 0.29) is 0 Å². The Labute approximate surface area is 173 Å². The molecule has 2 aromatic carbocycles. The van der Waals surface area contributed by atoms with Gasteiger partial charge in [-0.2, -0.15) is 0 Å². The van der Waals surface area contributed by atoms with Gasteiger partial charge in [-0.05, 0) is 52.3 Å². The number of ether oxygens (including phenoxy) is 1. The highest BCUT2D eigenvalue weighted by atomic mass is 79.9. The Hall–Kier alpha value is -2.48. The van der Waals surface area contributed by atoms with Gasteiger partial charge in [0.1, 0.15) is 16.4 Å². The molecule has 0 aliphatic carbocycles. The molecule has 5 nitrogen and oxygen atoms in total. The number of hydrogen-bond acceptors (Lipinski definition) is 6. The predicted octanol–water partition coefficient (Wildman–Crippen LogP) is 6.55. The molecule has 0 spiro atoms. The Morgan fingerprint density at radius 1 is 0.963 bits per heavy atom. The highest BCUT2D eigenvalue weighted by molar-refractivity contribution is 9.10. The highest BCUT2D eigenvalue weighted by Gasteiger charge is 2.12. The number of nitrogens with one attached hydrogen (secondary N) is 1. The van der Waals surface area contributed by atoms with Crippen molar-refractivity contribution < 1.29 is 4.74 Å². The first-order valence-electron chi connectivity index (χ1n) is 7.93. The van der Waals surface area contributed by atoms with Crippen molar-refractivity contribution in [2.45, 2.75) is 0 Å². The summed E-state index contributed by atoms with van der Waals surface area (Å²) in [5, 5.41) is 13.8. The highest BCUT2D eigenvalue weighted by Crippen LogP contribution is 2.35. The van der Waals surface area contributed by atoms with E-state index < -0.39 is 0 Å². The third kappa shape index (κ3) is 4.27. The fourth-order valence-electron chi connectivity index (χ4n) is 2.30. The smallest absolute Gasteiger partial charge is 0.243 e. The molecule has 134 valence electrons. The van der Waals surface area contributed by atoms with Crippen LogP contribution in [0.4, 0.5) is 10.8 Å². The molecule has 2 aromatic heterocycles. The molecule has 0 radical (unpaired) electrons. The van der Waals surface area contributed by atoms with Gasteiger partial charge in [0.2, 0.25) is 11.0 Å². The van der Waals surface area contributed by atoms with Crippen LogP contribution in [0, 0.1) is 0 Å². The van der Waals surface area contributed by atoms with Crippen LogP contribution >= 0.6 is 38.9 Å². The molecular formula is C19H12BrClN4OS. The van der Waals surface area contributed by atoms with Crippen molar-refractivity contribution in [1.29, 1.82) is 0 Å². The number of hydrogen-bond donors (Lipinski definition) is 1. The molecule has 0 saturated carbocycles. The van der Waals surface area contributed by atoms with Crippen molar-refractivity contribution in [3.8, 4) is 22.2 Å². The maximum absolute atomic E-state index is 5.94. The summed E-state index contributed by atoms with van der Waals surface area (Å²) in [6.07, 6.45) is 1.68. The maximum atomic E-state index is 5.94. The van der Waals surface area contributed by atoms with E-state index in [9.17, 15) is 0 Å². The van der Waals surface area contributed by atoms with Gasteiger partial charge in [0.05, 0.1) is 4.47 Å². The van der Waals surface area contributed by atoms with Crippen molar-refractivity contribution in [2.75, 3.05) is 5.32 Å². The summed E-state index contributed by atoms with van der Waals surface area (Å²) >= 11 is 10.8. The Morgan fingerprint density at radius 3 is 2.59 bits per heavy atom. The summed E-state index contributed by atoms with van der Waals surface area (Å²) in [5.41, 5.74) is 1.66. The van der Waals surface area contributed by atoms with E-state index in [1.165, 1.54) is 11.3 Å². The number of anilines is 2. The third-order valence-electron chi connectivity index (χ3n) is 3.57. The van der Waals surface area contributed by atoms with Crippen LogP contribution in [-0.4, -0.2) is 15.2 Å². The monoisotopic (exact) mass is 458 g/mol. The molecule has 0 fully saturated rings. The van der Waals surface area contributed by atoms with Crippen LogP contribution in [0.15, 0.2) is 71.3 Å². The third-order valence-corrected chi connectivity index (χ3v) is 5.37. The van der Waals surface area contributed by atoms with Gasteiger partial charge in [-0.1, -0.05) is 47.2 Å². The van der Waals surface area contributed by atoms with E-state index in [1.807, 2.05) is 60.7 Å². The fraction of sp³-hybridized carbons (Fsp3) is 0. The van der Waals surface area contributed by atoms with Crippen LogP contribution < -0.4 is 10.1 Å². The molecule has 27 heavy (non-hydrogen) atoms. The molecule has 0 saturated heterocycles. The second kappa shape index (κ2) is 8.04. The number of para-hydroxylation sites is 1. The summed E-state index contributed by atoms with van der Waals surface area (Å²) in [4.78, 5) is 4.32. The minimum atomic E-state index is 0.452. The maximum Gasteiger partial charge on any atom is 0.243 e. The quantitative estimate of drug-likeness (QED) is 0.366. The summed E-state index contributed by atoms with van der Waals surface area (Å²) in [6.45, 7) is 0. The van der Waals surface area contributed by atoms with Gasteiger partial charge < -0.3 is 10.1 Å². The number of pyridine rings is 1. The fourth-order valence-corrected chi connectivity index (χ4v) is 3.55. The van der Waals surface area contributed by atoms with Crippen LogP contribution in [0.3, 0.4) is 0 Å². The van der Waals surface area contributed by atoms with Crippen molar-refractivity contribution in [1.82, 2.24) is 15.2 Å². The first-order chi connectivity index (χ1) is 13.2. The lowest BCUT2D eigenvalue weighted by molar-refractivity contribution is 0.462. The van der Waals surface area contributed by atoms with Crippen LogP contribution in [0.5, 0.6) is 11.6 Å². The van der Waals surface area contributed by atoms with Gasteiger partial charge in [-0.15, -0.1) is 10.2 Å². The Morgan fingerprint density at radius 2 is 1.78 bits per heavy atom. The molecular weight excluding hydrogens is 448 g/mol. The molecule has 0 amide bonds. The lowest BCUT2D eigenvalue weighted by Gasteiger charge is -2.10. The van der Waals surface area contributed by atoms with Crippen LogP contribution in [0.25, 0.3) is 10.6 Å². The van der Waals surface area contributed by atoms with Gasteiger partial charge in [0.25, 0.3) is 0 Å². The van der Waals surface area contributed by atoms with E-state index in [1.54, 1.807) is 6.20 Å². The summed E-state index contributed by atoms with van der Waals surface area (Å²) in [7, 11) is 0. The van der Waals surface area contributed by atoms with Crippen molar-refractivity contribution in [3.63, 3.8) is 0 Å². The zero-order chi connectivity index (χ0) is 18.6. The van der Waals surface area contributed by atoms with E-state index >= 15 is 0 Å². The van der Waals surface area contributed by atoms with Gasteiger partial charge in [-0.25, -0.2) is 4.98 Å². The topological polar surface area (TPSA) is 59.9 Å². The molecule has 0 aliphatic rings. The van der Waals surface area contributed by atoms with Crippen molar-refractivity contribution in [3.05, 3.63) is 76.4 Å². The molecule has 2 heterocycles. The van der Waals surface area contributed by atoms with Gasteiger partial charge in [0, 0.05) is 16.8 Å². The number of nitrogens with zero attached hydrogens (tertiary/aromatic N) is 3. The minimum Gasteiger partial charge on any atom is -0.436 e. The Kier molecular flexibility index (Phi) is 5.33. The zero-order valence-electron chi connectivity index (χ0n) is 13.8. The molecule has 4 aromatic rings. The Balaban J connectivity index is 1.57.